The van der Waals surface area contributed by atoms with E-state index in [0.29, 0.717) is 35.5 Å². The van der Waals surface area contributed by atoms with Gasteiger partial charge in [-0.15, -0.1) is 0 Å². The fourth-order valence-electron chi connectivity index (χ4n) is 4.12. The number of ether oxygens (including phenoxy) is 3. The Bertz CT molecular complexity index is 794. The lowest BCUT2D eigenvalue weighted by Crippen LogP contribution is -2.41. The second-order valence-corrected chi connectivity index (χ2v) is 7.64. The third-order valence-corrected chi connectivity index (χ3v) is 5.61. The van der Waals surface area contributed by atoms with Crippen LogP contribution in [-0.4, -0.2) is 44.7 Å². The molecule has 1 aliphatic carbocycles. The van der Waals surface area contributed by atoms with E-state index in [9.17, 15) is 4.79 Å². The Morgan fingerprint density at radius 3 is 2.17 bits per heavy atom. The summed E-state index contributed by atoms with van der Waals surface area (Å²) in [4.78, 5) is 15.3. The third kappa shape index (κ3) is 5.66. The molecular weight excluding hydrogens is 380 g/mol. The number of hydrogen-bond acceptors (Lipinski definition) is 5. The van der Waals surface area contributed by atoms with Crippen LogP contribution < -0.4 is 19.5 Å². The van der Waals surface area contributed by atoms with E-state index >= 15 is 0 Å². The minimum absolute atomic E-state index is 0.0502. The van der Waals surface area contributed by atoms with Gasteiger partial charge < -0.3 is 19.5 Å². The molecule has 1 aliphatic rings. The van der Waals surface area contributed by atoms with E-state index in [1.165, 1.54) is 24.8 Å². The highest BCUT2D eigenvalue weighted by Gasteiger charge is 2.24. The molecule has 162 valence electrons. The largest absolute Gasteiger partial charge is 0.493 e. The first kappa shape index (κ1) is 22.0. The van der Waals surface area contributed by atoms with Crippen LogP contribution >= 0.6 is 0 Å². The van der Waals surface area contributed by atoms with Crippen molar-refractivity contribution in [2.75, 3.05) is 33.2 Å². The quantitative estimate of drug-likeness (QED) is 0.658. The zero-order valence-corrected chi connectivity index (χ0v) is 18.1. The number of methoxy groups -OCH3 is 3. The predicted octanol–water partition coefficient (Wildman–Crippen LogP) is 4.49. The Morgan fingerprint density at radius 2 is 1.60 bits per heavy atom. The average molecular weight is 413 g/mol. The highest BCUT2D eigenvalue weighted by Crippen LogP contribution is 2.40. The number of hydrogen-bond donors (Lipinski definition) is 1. The minimum atomic E-state index is -0.0502. The SMILES string of the molecule is COc1cc(NC(=O)CN(Cc2ccccc2)C2CCCCC2)cc(OC)c1OC. The van der Waals surface area contributed by atoms with Crippen molar-refractivity contribution < 1.29 is 19.0 Å². The van der Waals surface area contributed by atoms with Crippen LogP contribution in [0.2, 0.25) is 0 Å². The predicted molar refractivity (Wildman–Crippen MR) is 118 cm³/mol. The molecule has 0 heterocycles. The van der Waals surface area contributed by atoms with Crippen LogP contribution in [0, 0.1) is 0 Å². The van der Waals surface area contributed by atoms with Gasteiger partial charge in [0.05, 0.1) is 27.9 Å². The molecule has 0 spiro atoms. The van der Waals surface area contributed by atoms with Crippen molar-refractivity contribution in [3.63, 3.8) is 0 Å². The number of nitrogens with one attached hydrogen (secondary N) is 1. The Hall–Kier alpha value is -2.73. The van der Waals surface area contributed by atoms with Crippen LogP contribution in [0.1, 0.15) is 37.7 Å². The molecule has 0 unspecified atom stereocenters. The Balaban J connectivity index is 1.73. The first-order valence-corrected chi connectivity index (χ1v) is 10.5. The van der Waals surface area contributed by atoms with Gasteiger partial charge in [0.25, 0.3) is 0 Å². The van der Waals surface area contributed by atoms with E-state index in [0.717, 1.165) is 19.4 Å². The van der Waals surface area contributed by atoms with Crippen molar-refractivity contribution in [3.05, 3.63) is 48.0 Å². The van der Waals surface area contributed by atoms with Crippen LogP contribution in [0.5, 0.6) is 17.2 Å². The molecule has 0 radical (unpaired) electrons. The van der Waals surface area contributed by atoms with Crippen molar-refractivity contribution in [3.8, 4) is 17.2 Å². The van der Waals surface area contributed by atoms with Crippen LogP contribution in [0.25, 0.3) is 0 Å². The maximum Gasteiger partial charge on any atom is 0.238 e. The fraction of sp³-hybridized carbons (Fsp3) is 0.458. The van der Waals surface area contributed by atoms with E-state index in [1.54, 1.807) is 33.5 Å². The minimum Gasteiger partial charge on any atom is -0.493 e. The smallest absolute Gasteiger partial charge is 0.238 e. The summed E-state index contributed by atoms with van der Waals surface area (Å²) in [6.07, 6.45) is 6.02. The highest BCUT2D eigenvalue weighted by atomic mass is 16.5. The van der Waals surface area contributed by atoms with Crippen molar-refractivity contribution in [2.45, 2.75) is 44.7 Å². The van der Waals surface area contributed by atoms with Gasteiger partial charge >= 0.3 is 0 Å². The Labute approximate surface area is 179 Å². The Morgan fingerprint density at radius 1 is 0.967 bits per heavy atom. The number of anilines is 1. The summed E-state index contributed by atoms with van der Waals surface area (Å²) in [6, 6.07) is 14.3. The molecule has 0 bridgehead atoms. The van der Waals surface area contributed by atoms with Gasteiger partial charge in [-0.2, -0.15) is 0 Å². The molecule has 2 aromatic rings. The van der Waals surface area contributed by atoms with Crippen LogP contribution in [0.15, 0.2) is 42.5 Å². The molecule has 6 heteroatoms. The topological polar surface area (TPSA) is 60.0 Å². The summed E-state index contributed by atoms with van der Waals surface area (Å²) in [6.45, 7) is 1.12. The van der Waals surface area contributed by atoms with Gasteiger partial charge in [0.15, 0.2) is 11.5 Å². The zero-order valence-electron chi connectivity index (χ0n) is 18.1. The summed E-state index contributed by atoms with van der Waals surface area (Å²) in [5.41, 5.74) is 1.85. The molecule has 1 saturated carbocycles. The number of carbonyl (C=O) groups is 1. The van der Waals surface area contributed by atoms with Crippen LogP contribution in [-0.2, 0) is 11.3 Å². The van der Waals surface area contributed by atoms with Gasteiger partial charge in [-0.25, -0.2) is 0 Å². The van der Waals surface area contributed by atoms with E-state index in [-0.39, 0.29) is 5.91 Å². The van der Waals surface area contributed by atoms with Crippen molar-refractivity contribution >= 4 is 11.6 Å². The molecule has 0 aromatic heterocycles. The molecule has 30 heavy (non-hydrogen) atoms. The van der Waals surface area contributed by atoms with Crippen molar-refractivity contribution in [1.82, 2.24) is 4.90 Å². The monoisotopic (exact) mass is 412 g/mol. The fourth-order valence-corrected chi connectivity index (χ4v) is 4.12. The number of carbonyl (C=O) groups excluding carboxylic acids is 1. The molecule has 0 saturated heterocycles. The maximum absolute atomic E-state index is 12.9. The molecular formula is C24H32N2O4. The molecule has 3 rings (SSSR count). The van der Waals surface area contributed by atoms with Crippen LogP contribution in [0.4, 0.5) is 5.69 Å². The molecule has 0 aliphatic heterocycles. The number of amides is 1. The normalized spacial score (nSPS) is 14.4. The summed E-state index contributed by atoms with van der Waals surface area (Å²) < 4.78 is 16.1. The van der Waals surface area contributed by atoms with E-state index in [4.69, 9.17) is 14.2 Å². The maximum atomic E-state index is 12.9. The Kier molecular flexibility index (Phi) is 7.97. The average Bonchev–Trinajstić information content (AvgIpc) is 2.79. The van der Waals surface area contributed by atoms with E-state index in [2.05, 4.69) is 22.3 Å². The second kappa shape index (κ2) is 10.9. The molecule has 1 amide bonds. The summed E-state index contributed by atoms with van der Waals surface area (Å²) in [5.74, 6) is 1.48. The van der Waals surface area contributed by atoms with Gasteiger partial charge in [0.2, 0.25) is 11.7 Å². The lowest BCUT2D eigenvalue weighted by atomic mass is 9.93. The zero-order chi connectivity index (χ0) is 21.3. The lowest BCUT2D eigenvalue weighted by molar-refractivity contribution is -0.118. The van der Waals surface area contributed by atoms with E-state index in [1.807, 2.05) is 18.2 Å². The van der Waals surface area contributed by atoms with E-state index < -0.39 is 0 Å². The number of benzene rings is 2. The number of nitrogens with zero attached hydrogens (tertiary/aromatic N) is 1. The standard InChI is InChI=1S/C24H32N2O4/c1-28-21-14-19(15-22(29-2)24(21)30-3)25-23(27)17-26(20-12-8-5-9-13-20)16-18-10-6-4-7-11-18/h4,6-7,10-11,14-15,20H,5,8-9,12-13,16-17H2,1-3H3,(H,25,27). The van der Waals surface area contributed by atoms with Gasteiger partial charge in [-0.05, 0) is 18.4 Å². The third-order valence-electron chi connectivity index (χ3n) is 5.61. The highest BCUT2D eigenvalue weighted by molar-refractivity contribution is 5.93. The number of rotatable bonds is 9. The molecule has 2 aromatic carbocycles. The summed E-state index contributed by atoms with van der Waals surface area (Å²) in [7, 11) is 4.69. The first-order valence-electron chi connectivity index (χ1n) is 10.5. The molecule has 6 nitrogen and oxygen atoms in total. The van der Waals surface area contributed by atoms with Gasteiger partial charge in [-0.1, -0.05) is 49.6 Å². The molecule has 0 atom stereocenters. The van der Waals surface area contributed by atoms with Crippen LogP contribution in [0.3, 0.4) is 0 Å². The summed E-state index contributed by atoms with van der Waals surface area (Å²) in [5, 5.41) is 3.00. The van der Waals surface area contributed by atoms with Crippen molar-refractivity contribution in [1.29, 1.82) is 0 Å². The summed E-state index contributed by atoms with van der Waals surface area (Å²) >= 11 is 0. The van der Waals surface area contributed by atoms with Gasteiger partial charge in [-0.3, -0.25) is 9.69 Å². The molecule has 1 N–H and O–H groups in total. The first-order chi connectivity index (χ1) is 14.6. The van der Waals surface area contributed by atoms with Crippen molar-refractivity contribution in [2.24, 2.45) is 0 Å². The lowest BCUT2D eigenvalue weighted by Gasteiger charge is -2.34. The van der Waals surface area contributed by atoms with Gasteiger partial charge in [0.1, 0.15) is 0 Å². The van der Waals surface area contributed by atoms with Gasteiger partial charge in [0, 0.05) is 30.4 Å². The molecule has 1 fully saturated rings. The second-order valence-electron chi connectivity index (χ2n) is 7.64.